The highest BCUT2D eigenvalue weighted by Gasteiger charge is 2.14. The predicted molar refractivity (Wildman–Crippen MR) is 72.2 cm³/mol. The van der Waals surface area contributed by atoms with Gasteiger partial charge in [-0.25, -0.2) is 0 Å². The number of carbonyl (C=O) groups is 1. The van der Waals surface area contributed by atoms with Gasteiger partial charge in [0.15, 0.2) is 0 Å². The van der Waals surface area contributed by atoms with Crippen LogP contribution in [-0.4, -0.2) is 35.6 Å². The maximum atomic E-state index is 12.2. The van der Waals surface area contributed by atoms with Gasteiger partial charge in [-0.2, -0.15) is 0 Å². The topological polar surface area (TPSA) is 40.5 Å². The lowest BCUT2D eigenvalue weighted by atomic mass is 10.1. The maximum absolute atomic E-state index is 12.2. The van der Waals surface area contributed by atoms with Crippen LogP contribution in [0.5, 0.6) is 0 Å². The molecule has 1 aromatic carbocycles. The smallest absolute Gasteiger partial charge is 0.253 e. The predicted octanol–water partition coefficient (Wildman–Crippen LogP) is 2.60. The van der Waals surface area contributed by atoms with Crippen LogP contribution in [-0.2, 0) is 0 Å². The largest absolute Gasteiger partial charge is 0.396 e. The van der Waals surface area contributed by atoms with Crippen LogP contribution in [0.25, 0.3) is 0 Å². The van der Waals surface area contributed by atoms with Gasteiger partial charge in [0.25, 0.3) is 5.91 Å². The molecule has 0 atom stereocenters. The van der Waals surface area contributed by atoms with Crippen LogP contribution in [0.3, 0.4) is 0 Å². The van der Waals surface area contributed by atoms with E-state index in [0.717, 1.165) is 10.0 Å². The van der Waals surface area contributed by atoms with Crippen LogP contribution in [0.4, 0.5) is 0 Å². The highest BCUT2D eigenvalue weighted by molar-refractivity contribution is 9.10. The van der Waals surface area contributed by atoms with Crippen molar-refractivity contribution in [2.24, 2.45) is 0 Å². The molecule has 0 unspecified atom stereocenters. The maximum Gasteiger partial charge on any atom is 0.253 e. The Hall–Kier alpha value is -0.870. The Morgan fingerprint density at radius 2 is 2.12 bits per heavy atom. The Morgan fingerprint density at radius 3 is 2.65 bits per heavy atom. The van der Waals surface area contributed by atoms with Gasteiger partial charge in [-0.1, -0.05) is 15.9 Å². The van der Waals surface area contributed by atoms with Crippen molar-refractivity contribution in [1.82, 2.24) is 4.90 Å². The Morgan fingerprint density at radius 1 is 1.41 bits per heavy atom. The number of aliphatic hydroxyl groups is 1. The van der Waals surface area contributed by atoms with Crippen LogP contribution >= 0.6 is 15.9 Å². The summed E-state index contributed by atoms with van der Waals surface area (Å²) in [6, 6.07) is 5.69. The third-order valence-electron chi connectivity index (χ3n) is 2.54. The van der Waals surface area contributed by atoms with Crippen LogP contribution < -0.4 is 0 Å². The van der Waals surface area contributed by atoms with E-state index in [1.54, 1.807) is 4.90 Å². The van der Waals surface area contributed by atoms with E-state index in [1.807, 2.05) is 32.0 Å². The Kier molecular flexibility index (Phi) is 5.65. The minimum atomic E-state index is 0.0188. The number of hydrogen-bond donors (Lipinski definition) is 1. The quantitative estimate of drug-likeness (QED) is 0.908. The van der Waals surface area contributed by atoms with E-state index in [0.29, 0.717) is 25.1 Å². The molecule has 0 aromatic heterocycles. The van der Waals surface area contributed by atoms with Crippen molar-refractivity contribution in [3.8, 4) is 0 Å². The first-order valence-corrected chi connectivity index (χ1v) is 6.55. The minimum absolute atomic E-state index is 0.0188. The number of aliphatic hydroxyl groups excluding tert-OH is 1. The van der Waals surface area contributed by atoms with Gasteiger partial charge in [-0.15, -0.1) is 0 Å². The van der Waals surface area contributed by atoms with E-state index in [2.05, 4.69) is 15.9 Å². The van der Waals surface area contributed by atoms with Crippen molar-refractivity contribution < 1.29 is 9.90 Å². The first-order chi connectivity index (χ1) is 8.08. The van der Waals surface area contributed by atoms with E-state index in [4.69, 9.17) is 5.11 Å². The molecule has 1 N–H and O–H groups in total. The van der Waals surface area contributed by atoms with E-state index in [9.17, 15) is 4.79 Å². The molecular formula is C13H18BrNO2. The Balaban J connectivity index is 2.85. The van der Waals surface area contributed by atoms with Gasteiger partial charge in [0.1, 0.15) is 0 Å². The van der Waals surface area contributed by atoms with Gasteiger partial charge in [-0.05, 0) is 44.0 Å². The van der Waals surface area contributed by atoms with Gasteiger partial charge in [-0.3, -0.25) is 4.79 Å². The van der Waals surface area contributed by atoms with Crippen molar-refractivity contribution in [1.29, 1.82) is 0 Å². The summed E-state index contributed by atoms with van der Waals surface area (Å²) in [5.41, 5.74) is 1.75. The second kappa shape index (κ2) is 6.77. The van der Waals surface area contributed by atoms with Crippen molar-refractivity contribution in [2.45, 2.75) is 20.3 Å². The summed E-state index contributed by atoms with van der Waals surface area (Å²) in [5, 5.41) is 8.81. The first-order valence-electron chi connectivity index (χ1n) is 5.75. The number of halogens is 1. The summed E-state index contributed by atoms with van der Waals surface area (Å²) in [4.78, 5) is 14.0. The number of hydrogen-bond acceptors (Lipinski definition) is 2. The standard InChI is InChI=1S/C13H18BrNO2/c1-3-15(5-4-6-16)13(17)11-7-10(2)8-12(14)9-11/h7-9,16H,3-6H2,1-2H3. The third-order valence-corrected chi connectivity index (χ3v) is 3.00. The van der Waals surface area contributed by atoms with E-state index in [1.165, 1.54) is 0 Å². The molecule has 0 spiro atoms. The van der Waals surface area contributed by atoms with E-state index in [-0.39, 0.29) is 12.5 Å². The zero-order valence-electron chi connectivity index (χ0n) is 10.2. The fourth-order valence-corrected chi connectivity index (χ4v) is 2.31. The van der Waals surface area contributed by atoms with Gasteiger partial charge in [0.2, 0.25) is 0 Å². The number of benzene rings is 1. The SMILES string of the molecule is CCN(CCCO)C(=O)c1cc(C)cc(Br)c1. The lowest BCUT2D eigenvalue weighted by molar-refractivity contribution is 0.0754. The van der Waals surface area contributed by atoms with Crippen molar-refractivity contribution in [3.05, 3.63) is 33.8 Å². The van der Waals surface area contributed by atoms with Crippen LogP contribution in [0, 0.1) is 6.92 Å². The number of rotatable bonds is 5. The third kappa shape index (κ3) is 4.13. The molecule has 4 heteroatoms. The van der Waals surface area contributed by atoms with Crippen LogP contribution in [0.15, 0.2) is 22.7 Å². The zero-order valence-corrected chi connectivity index (χ0v) is 11.8. The van der Waals surface area contributed by atoms with Gasteiger partial charge >= 0.3 is 0 Å². The van der Waals surface area contributed by atoms with Gasteiger partial charge in [0.05, 0.1) is 0 Å². The molecule has 0 radical (unpaired) electrons. The average molecular weight is 300 g/mol. The highest BCUT2D eigenvalue weighted by atomic mass is 79.9. The molecule has 1 rings (SSSR count). The minimum Gasteiger partial charge on any atom is -0.396 e. The first kappa shape index (κ1) is 14.2. The molecule has 0 bridgehead atoms. The molecule has 1 amide bonds. The lowest BCUT2D eigenvalue weighted by Gasteiger charge is -2.20. The molecule has 0 saturated carbocycles. The van der Waals surface area contributed by atoms with Crippen molar-refractivity contribution in [2.75, 3.05) is 19.7 Å². The molecule has 0 heterocycles. The number of aryl methyl sites for hydroxylation is 1. The monoisotopic (exact) mass is 299 g/mol. The van der Waals surface area contributed by atoms with Crippen molar-refractivity contribution in [3.63, 3.8) is 0 Å². The second-order valence-electron chi connectivity index (χ2n) is 3.98. The van der Waals surface area contributed by atoms with Crippen LogP contribution in [0.2, 0.25) is 0 Å². The molecule has 0 saturated heterocycles. The van der Waals surface area contributed by atoms with E-state index >= 15 is 0 Å². The molecule has 3 nitrogen and oxygen atoms in total. The fraction of sp³-hybridized carbons (Fsp3) is 0.462. The average Bonchev–Trinajstić information content (AvgIpc) is 2.28. The molecule has 0 aliphatic rings. The highest BCUT2D eigenvalue weighted by Crippen LogP contribution is 2.17. The summed E-state index contributed by atoms with van der Waals surface area (Å²) in [7, 11) is 0. The Labute approximate surface area is 111 Å². The van der Waals surface area contributed by atoms with Gasteiger partial charge in [0, 0.05) is 29.7 Å². The molecular weight excluding hydrogens is 282 g/mol. The summed E-state index contributed by atoms with van der Waals surface area (Å²) in [6.07, 6.45) is 0.618. The molecule has 0 aliphatic carbocycles. The normalized spacial score (nSPS) is 10.4. The van der Waals surface area contributed by atoms with Crippen LogP contribution in [0.1, 0.15) is 29.3 Å². The van der Waals surface area contributed by atoms with E-state index < -0.39 is 0 Å². The molecule has 0 fully saturated rings. The molecule has 94 valence electrons. The Bertz CT molecular complexity index is 373. The summed E-state index contributed by atoms with van der Waals surface area (Å²) in [5.74, 6) is 0.0188. The fourth-order valence-electron chi connectivity index (χ4n) is 1.71. The lowest BCUT2D eigenvalue weighted by Crippen LogP contribution is -2.32. The summed E-state index contributed by atoms with van der Waals surface area (Å²) in [6.45, 7) is 5.27. The summed E-state index contributed by atoms with van der Waals surface area (Å²) >= 11 is 3.39. The summed E-state index contributed by atoms with van der Waals surface area (Å²) < 4.78 is 0.916. The zero-order chi connectivity index (χ0) is 12.8. The number of nitrogens with zero attached hydrogens (tertiary/aromatic N) is 1. The van der Waals surface area contributed by atoms with Crippen molar-refractivity contribution >= 4 is 21.8 Å². The second-order valence-corrected chi connectivity index (χ2v) is 4.89. The number of carbonyl (C=O) groups excluding carboxylic acids is 1. The van der Waals surface area contributed by atoms with Gasteiger partial charge < -0.3 is 10.0 Å². The number of amides is 1. The molecule has 0 aliphatic heterocycles. The molecule has 17 heavy (non-hydrogen) atoms. The molecule has 1 aromatic rings.